The highest BCUT2D eigenvalue weighted by Gasteiger charge is 2.24. The Bertz CT molecular complexity index is 667. The largest absolute Gasteiger partial charge is 0.465 e. The Labute approximate surface area is 122 Å². The molecule has 5 heteroatoms. The molecule has 0 spiro atoms. The van der Waals surface area contributed by atoms with Crippen molar-refractivity contribution in [2.45, 2.75) is 26.4 Å². The lowest BCUT2D eigenvalue weighted by Crippen LogP contribution is -2.26. The van der Waals surface area contributed by atoms with Crippen molar-refractivity contribution in [1.82, 2.24) is 9.88 Å². The molecule has 108 valence electrons. The molecule has 3 rings (SSSR count). The molecule has 1 aliphatic heterocycles. The minimum Gasteiger partial charge on any atom is -0.465 e. The van der Waals surface area contributed by atoms with E-state index in [1.54, 1.807) is 4.90 Å². The molecule has 2 heterocycles. The number of esters is 1. The van der Waals surface area contributed by atoms with Crippen LogP contribution in [0.1, 0.15) is 24.6 Å². The van der Waals surface area contributed by atoms with Crippen molar-refractivity contribution in [2.24, 2.45) is 0 Å². The first-order valence-electron chi connectivity index (χ1n) is 6.92. The average molecular weight is 284 g/mol. The second-order valence-electron chi connectivity index (χ2n) is 5.13. The van der Waals surface area contributed by atoms with Gasteiger partial charge in [-0.1, -0.05) is 18.2 Å². The Morgan fingerprint density at radius 1 is 1.29 bits per heavy atom. The Hall–Kier alpha value is -2.43. The average Bonchev–Trinajstić information content (AvgIpc) is 2.87. The predicted molar refractivity (Wildman–Crippen MR) is 77.2 cm³/mol. The number of aromatic nitrogens is 1. The number of rotatable bonds is 3. The number of amides is 1. The molecule has 0 aliphatic carbocycles. The molecule has 2 aromatic rings. The minimum atomic E-state index is -0.361. The lowest BCUT2D eigenvalue weighted by atomic mass is 10.1. The van der Waals surface area contributed by atoms with E-state index in [1.807, 2.05) is 24.3 Å². The zero-order valence-electron chi connectivity index (χ0n) is 11.8. The van der Waals surface area contributed by atoms with Gasteiger partial charge in [0.05, 0.1) is 24.2 Å². The molecule has 0 saturated heterocycles. The number of pyridine rings is 1. The molecular weight excluding hydrogens is 268 g/mol. The van der Waals surface area contributed by atoms with Crippen molar-refractivity contribution in [1.29, 1.82) is 0 Å². The third-order valence-corrected chi connectivity index (χ3v) is 3.57. The summed E-state index contributed by atoms with van der Waals surface area (Å²) >= 11 is 0. The van der Waals surface area contributed by atoms with Crippen molar-refractivity contribution in [3.05, 3.63) is 41.6 Å². The Morgan fingerprint density at radius 2 is 2.10 bits per heavy atom. The van der Waals surface area contributed by atoms with Gasteiger partial charge in [-0.15, -0.1) is 0 Å². The first kappa shape index (κ1) is 13.5. The molecule has 0 unspecified atom stereocenters. The van der Waals surface area contributed by atoms with Crippen LogP contribution < -0.4 is 0 Å². The molecule has 5 nitrogen and oxygen atoms in total. The minimum absolute atomic E-state index is 0.0155. The SMILES string of the molecule is CC(=O)OCCC(=O)N1Cc2cc3ccccc3nc2C1. The van der Waals surface area contributed by atoms with Gasteiger partial charge in [-0.2, -0.15) is 0 Å². The van der Waals surface area contributed by atoms with Gasteiger partial charge in [0.15, 0.2) is 0 Å². The van der Waals surface area contributed by atoms with E-state index in [4.69, 9.17) is 4.74 Å². The summed E-state index contributed by atoms with van der Waals surface area (Å²) in [7, 11) is 0. The number of nitrogens with zero attached hydrogens (tertiary/aromatic N) is 2. The number of carbonyl (C=O) groups excluding carboxylic acids is 2. The van der Waals surface area contributed by atoms with Crippen molar-refractivity contribution in [3.63, 3.8) is 0 Å². The molecule has 0 bridgehead atoms. The highest BCUT2D eigenvalue weighted by atomic mass is 16.5. The van der Waals surface area contributed by atoms with Crippen molar-refractivity contribution < 1.29 is 14.3 Å². The van der Waals surface area contributed by atoms with Gasteiger partial charge < -0.3 is 9.64 Å². The summed E-state index contributed by atoms with van der Waals surface area (Å²) in [4.78, 5) is 29.2. The first-order chi connectivity index (χ1) is 10.1. The number of carbonyl (C=O) groups is 2. The van der Waals surface area contributed by atoms with E-state index in [0.29, 0.717) is 13.1 Å². The lowest BCUT2D eigenvalue weighted by molar-refractivity contribution is -0.143. The van der Waals surface area contributed by atoms with Gasteiger partial charge in [-0.05, 0) is 17.7 Å². The van der Waals surface area contributed by atoms with Gasteiger partial charge in [-0.25, -0.2) is 0 Å². The quantitative estimate of drug-likeness (QED) is 0.809. The Balaban J connectivity index is 1.70. The summed E-state index contributed by atoms with van der Waals surface area (Å²) in [5.41, 5.74) is 2.99. The summed E-state index contributed by atoms with van der Waals surface area (Å²) in [6.45, 7) is 2.58. The van der Waals surface area contributed by atoms with Gasteiger partial charge in [0.1, 0.15) is 6.61 Å². The number of para-hydroxylation sites is 1. The second-order valence-corrected chi connectivity index (χ2v) is 5.13. The third kappa shape index (κ3) is 2.86. The van der Waals surface area contributed by atoms with E-state index in [2.05, 4.69) is 11.1 Å². The molecule has 1 aromatic heterocycles. The molecule has 0 radical (unpaired) electrons. The fourth-order valence-electron chi connectivity index (χ4n) is 2.53. The summed E-state index contributed by atoms with van der Waals surface area (Å²) < 4.78 is 4.81. The highest BCUT2D eigenvalue weighted by molar-refractivity contribution is 5.81. The van der Waals surface area contributed by atoms with Gasteiger partial charge in [0.2, 0.25) is 5.91 Å². The summed E-state index contributed by atoms with van der Waals surface area (Å²) in [6.07, 6.45) is 0.215. The molecule has 0 saturated carbocycles. The fourth-order valence-corrected chi connectivity index (χ4v) is 2.53. The molecule has 0 atom stereocenters. The molecule has 1 aliphatic rings. The maximum Gasteiger partial charge on any atom is 0.302 e. The predicted octanol–water partition coefficient (Wildman–Crippen LogP) is 2.03. The number of ether oxygens (including phenoxy) is 1. The van der Waals surface area contributed by atoms with Crippen molar-refractivity contribution in [3.8, 4) is 0 Å². The summed E-state index contributed by atoms with van der Waals surface area (Å²) in [5, 5.41) is 1.09. The second kappa shape index (κ2) is 5.52. The zero-order valence-corrected chi connectivity index (χ0v) is 11.8. The van der Waals surface area contributed by atoms with Crippen LogP contribution in [0.2, 0.25) is 0 Å². The van der Waals surface area contributed by atoms with E-state index < -0.39 is 0 Å². The van der Waals surface area contributed by atoms with E-state index in [0.717, 1.165) is 22.2 Å². The lowest BCUT2D eigenvalue weighted by Gasteiger charge is -2.14. The normalized spacial score (nSPS) is 13.3. The molecule has 0 fully saturated rings. The summed E-state index contributed by atoms with van der Waals surface area (Å²) in [5.74, 6) is -0.376. The fraction of sp³-hybridized carbons (Fsp3) is 0.312. The van der Waals surface area contributed by atoms with Gasteiger partial charge in [0, 0.05) is 18.9 Å². The van der Waals surface area contributed by atoms with Crippen LogP contribution in [0.3, 0.4) is 0 Å². The molecule has 21 heavy (non-hydrogen) atoms. The van der Waals surface area contributed by atoms with Gasteiger partial charge in [0.25, 0.3) is 0 Å². The van der Waals surface area contributed by atoms with E-state index in [-0.39, 0.29) is 24.9 Å². The van der Waals surface area contributed by atoms with E-state index in [1.165, 1.54) is 6.92 Å². The number of hydrogen-bond donors (Lipinski definition) is 0. The van der Waals surface area contributed by atoms with Crippen molar-refractivity contribution in [2.75, 3.05) is 6.61 Å². The highest BCUT2D eigenvalue weighted by Crippen LogP contribution is 2.25. The first-order valence-corrected chi connectivity index (χ1v) is 6.92. The van der Waals surface area contributed by atoms with Crippen LogP contribution in [-0.2, 0) is 27.4 Å². The zero-order chi connectivity index (χ0) is 14.8. The Morgan fingerprint density at radius 3 is 2.90 bits per heavy atom. The third-order valence-electron chi connectivity index (χ3n) is 3.57. The smallest absolute Gasteiger partial charge is 0.302 e. The van der Waals surface area contributed by atoms with E-state index >= 15 is 0 Å². The molecule has 0 N–H and O–H groups in total. The Kier molecular flexibility index (Phi) is 3.56. The van der Waals surface area contributed by atoms with Crippen molar-refractivity contribution >= 4 is 22.8 Å². The standard InChI is InChI=1S/C16H16N2O3/c1-11(19)21-7-6-16(20)18-9-13-8-12-4-2-3-5-14(12)17-15(13)10-18/h2-5,8H,6-7,9-10H2,1H3. The van der Waals surface area contributed by atoms with Gasteiger partial charge in [-0.3, -0.25) is 14.6 Å². The number of hydrogen-bond acceptors (Lipinski definition) is 4. The van der Waals surface area contributed by atoms with Gasteiger partial charge >= 0.3 is 5.97 Å². The summed E-state index contributed by atoms with van der Waals surface area (Å²) in [6, 6.07) is 10.0. The topological polar surface area (TPSA) is 59.5 Å². The number of fused-ring (bicyclic) bond motifs is 2. The van der Waals surface area contributed by atoms with Crippen LogP contribution in [0.5, 0.6) is 0 Å². The maximum atomic E-state index is 12.1. The van der Waals surface area contributed by atoms with Crippen LogP contribution in [0, 0.1) is 0 Å². The number of benzene rings is 1. The van der Waals surface area contributed by atoms with E-state index in [9.17, 15) is 9.59 Å². The van der Waals surface area contributed by atoms with Crippen LogP contribution in [0.15, 0.2) is 30.3 Å². The molecule has 1 aromatic carbocycles. The molecule has 1 amide bonds. The van der Waals surface area contributed by atoms with Crippen LogP contribution in [0.4, 0.5) is 0 Å². The maximum absolute atomic E-state index is 12.1. The van der Waals surface area contributed by atoms with Crippen LogP contribution >= 0.6 is 0 Å². The van der Waals surface area contributed by atoms with Crippen LogP contribution in [0.25, 0.3) is 10.9 Å². The molecular formula is C16H16N2O3. The monoisotopic (exact) mass is 284 g/mol. The van der Waals surface area contributed by atoms with Crippen LogP contribution in [-0.4, -0.2) is 28.4 Å².